The van der Waals surface area contributed by atoms with Gasteiger partial charge in [0.15, 0.2) is 0 Å². The van der Waals surface area contributed by atoms with Crippen LogP contribution in [0.4, 0.5) is 11.4 Å². The van der Waals surface area contributed by atoms with E-state index < -0.39 is 10.0 Å². The minimum Gasteiger partial charge on any atom is -0.324 e. The monoisotopic (exact) mass is 352 g/mol. The number of rotatable bonds is 5. The predicted octanol–water partition coefficient (Wildman–Crippen LogP) is 3.92. The number of anilines is 2. The molecule has 0 fully saturated rings. The van der Waals surface area contributed by atoms with Crippen molar-refractivity contribution in [3.8, 4) is 0 Å². The lowest BCUT2D eigenvalue weighted by Gasteiger charge is -2.18. The molecule has 0 spiro atoms. The zero-order chi connectivity index (χ0) is 17.1. The van der Waals surface area contributed by atoms with Gasteiger partial charge in [-0.1, -0.05) is 39.0 Å². The zero-order valence-electron chi connectivity index (χ0n) is 13.3. The van der Waals surface area contributed by atoms with Gasteiger partial charge < -0.3 is 5.32 Å². The van der Waals surface area contributed by atoms with E-state index in [9.17, 15) is 13.2 Å². The van der Waals surface area contributed by atoms with Gasteiger partial charge in [-0.2, -0.15) is 0 Å². The van der Waals surface area contributed by atoms with Crippen molar-refractivity contribution in [3.63, 3.8) is 0 Å². The molecule has 0 bridgehead atoms. The van der Waals surface area contributed by atoms with Crippen LogP contribution >= 0.6 is 11.3 Å². The van der Waals surface area contributed by atoms with E-state index in [2.05, 4.69) is 10.0 Å². The largest absolute Gasteiger partial charge is 0.324 e. The van der Waals surface area contributed by atoms with Gasteiger partial charge in [0, 0.05) is 6.42 Å². The fraction of sp³-hybridized carbons (Fsp3) is 0.312. The van der Waals surface area contributed by atoms with Gasteiger partial charge in [0.2, 0.25) is 5.91 Å². The van der Waals surface area contributed by atoms with Crippen LogP contribution in [0.25, 0.3) is 0 Å². The molecule has 2 rings (SSSR count). The first-order valence-corrected chi connectivity index (χ1v) is 9.49. The first-order valence-electron chi connectivity index (χ1n) is 7.13. The lowest BCUT2D eigenvalue weighted by atomic mass is 9.92. The summed E-state index contributed by atoms with van der Waals surface area (Å²) in [6.07, 6.45) is 0.346. The van der Waals surface area contributed by atoms with Gasteiger partial charge in [-0.3, -0.25) is 9.52 Å². The molecule has 0 unspecified atom stereocenters. The molecule has 0 atom stereocenters. The maximum absolute atomic E-state index is 12.3. The van der Waals surface area contributed by atoms with Crippen molar-refractivity contribution in [2.45, 2.75) is 31.4 Å². The molecule has 1 amide bonds. The van der Waals surface area contributed by atoms with Crippen molar-refractivity contribution in [3.05, 3.63) is 41.8 Å². The summed E-state index contributed by atoms with van der Waals surface area (Å²) in [6.45, 7) is 5.91. The molecule has 1 aromatic carbocycles. The minimum atomic E-state index is -3.65. The van der Waals surface area contributed by atoms with Gasteiger partial charge in [0.05, 0.1) is 11.4 Å². The van der Waals surface area contributed by atoms with Gasteiger partial charge in [0.1, 0.15) is 4.21 Å². The number of thiophene rings is 1. The molecular formula is C16H20N2O3S2. The predicted molar refractivity (Wildman–Crippen MR) is 94.3 cm³/mol. The van der Waals surface area contributed by atoms with Crippen molar-refractivity contribution in [1.82, 2.24) is 0 Å². The third-order valence-corrected chi connectivity index (χ3v) is 5.66. The second kappa shape index (κ2) is 6.72. The molecule has 23 heavy (non-hydrogen) atoms. The van der Waals surface area contributed by atoms with Crippen LogP contribution in [0, 0.1) is 5.41 Å². The van der Waals surface area contributed by atoms with Crippen molar-refractivity contribution < 1.29 is 13.2 Å². The maximum Gasteiger partial charge on any atom is 0.271 e. The molecule has 1 heterocycles. The van der Waals surface area contributed by atoms with Gasteiger partial charge in [-0.05, 0) is 29.0 Å². The summed E-state index contributed by atoms with van der Waals surface area (Å²) in [4.78, 5) is 12.1. The highest BCUT2D eigenvalue weighted by Gasteiger charge is 2.19. The van der Waals surface area contributed by atoms with Crippen LogP contribution in [0.5, 0.6) is 0 Å². The lowest BCUT2D eigenvalue weighted by molar-refractivity contribution is -0.117. The van der Waals surface area contributed by atoms with Crippen LogP contribution in [0.1, 0.15) is 27.2 Å². The molecule has 0 aliphatic heterocycles. The van der Waals surface area contributed by atoms with Gasteiger partial charge >= 0.3 is 0 Å². The molecule has 0 radical (unpaired) electrons. The number of sulfonamides is 1. The topological polar surface area (TPSA) is 75.3 Å². The molecule has 1 aromatic heterocycles. The molecule has 0 aliphatic rings. The SMILES string of the molecule is CC(C)(C)CC(=O)Nc1ccccc1NS(=O)(=O)c1cccs1. The molecule has 0 aliphatic carbocycles. The third-order valence-electron chi connectivity index (χ3n) is 2.90. The maximum atomic E-state index is 12.3. The molecule has 124 valence electrons. The van der Waals surface area contributed by atoms with E-state index in [1.807, 2.05) is 20.8 Å². The van der Waals surface area contributed by atoms with E-state index in [4.69, 9.17) is 0 Å². The number of para-hydroxylation sites is 2. The molecule has 2 aromatic rings. The van der Waals surface area contributed by atoms with Gasteiger partial charge in [0.25, 0.3) is 10.0 Å². The van der Waals surface area contributed by atoms with Crippen LogP contribution in [-0.4, -0.2) is 14.3 Å². The highest BCUT2D eigenvalue weighted by molar-refractivity contribution is 7.94. The Hall–Kier alpha value is -1.86. The zero-order valence-corrected chi connectivity index (χ0v) is 14.9. The summed E-state index contributed by atoms with van der Waals surface area (Å²) in [5.74, 6) is -0.153. The third kappa shape index (κ3) is 5.07. The van der Waals surface area contributed by atoms with E-state index in [-0.39, 0.29) is 15.5 Å². The van der Waals surface area contributed by atoms with Crippen LogP contribution in [0.2, 0.25) is 0 Å². The Balaban J connectivity index is 2.20. The van der Waals surface area contributed by atoms with Gasteiger partial charge in [-0.15, -0.1) is 11.3 Å². The second-order valence-corrected chi connectivity index (χ2v) is 9.23. The molecule has 0 saturated heterocycles. The number of carbonyl (C=O) groups excluding carboxylic acids is 1. The highest BCUT2D eigenvalue weighted by atomic mass is 32.2. The molecule has 2 N–H and O–H groups in total. The average Bonchev–Trinajstić information content (AvgIpc) is 2.93. The highest BCUT2D eigenvalue weighted by Crippen LogP contribution is 2.27. The quantitative estimate of drug-likeness (QED) is 0.856. The van der Waals surface area contributed by atoms with Crippen LogP contribution in [0.15, 0.2) is 46.0 Å². The number of hydrogen-bond donors (Lipinski definition) is 2. The molecule has 0 saturated carbocycles. The van der Waals surface area contributed by atoms with Crippen LogP contribution in [0.3, 0.4) is 0 Å². The molecule has 7 heteroatoms. The summed E-state index contributed by atoms with van der Waals surface area (Å²) in [7, 11) is -3.65. The summed E-state index contributed by atoms with van der Waals surface area (Å²) in [5, 5.41) is 4.47. The summed E-state index contributed by atoms with van der Waals surface area (Å²) < 4.78 is 27.4. The Bertz CT molecular complexity index is 776. The number of hydrogen-bond acceptors (Lipinski definition) is 4. The van der Waals surface area contributed by atoms with E-state index in [0.717, 1.165) is 11.3 Å². The number of amides is 1. The van der Waals surface area contributed by atoms with E-state index in [1.165, 1.54) is 6.07 Å². The van der Waals surface area contributed by atoms with Crippen molar-refractivity contribution in [2.24, 2.45) is 5.41 Å². The Morgan fingerprint density at radius 2 is 1.74 bits per heavy atom. The average molecular weight is 352 g/mol. The van der Waals surface area contributed by atoms with Crippen molar-refractivity contribution in [1.29, 1.82) is 0 Å². The van der Waals surface area contributed by atoms with Crippen LogP contribution < -0.4 is 10.0 Å². The smallest absolute Gasteiger partial charge is 0.271 e. The molecule has 5 nitrogen and oxygen atoms in total. The Morgan fingerprint density at radius 1 is 1.09 bits per heavy atom. The normalized spacial score (nSPS) is 12.0. The van der Waals surface area contributed by atoms with E-state index >= 15 is 0 Å². The second-order valence-electron chi connectivity index (χ2n) is 6.37. The fourth-order valence-corrected chi connectivity index (χ4v) is 4.04. The van der Waals surface area contributed by atoms with Crippen molar-refractivity contribution in [2.75, 3.05) is 10.0 Å². The summed E-state index contributed by atoms with van der Waals surface area (Å²) in [5.41, 5.74) is 0.653. The van der Waals surface area contributed by atoms with Crippen molar-refractivity contribution >= 4 is 38.6 Å². The fourth-order valence-electron chi connectivity index (χ4n) is 1.97. The Kier molecular flexibility index (Phi) is 5.11. The molecular weight excluding hydrogens is 332 g/mol. The number of carbonyl (C=O) groups is 1. The van der Waals surface area contributed by atoms with Gasteiger partial charge in [-0.25, -0.2) is 8.42 Å². The Labute approximate surface area is 140 Å². The lowest BCUT2D eigenvalue weighted by Crippen LogP contribution is -2.21. The van der Waals surface area contributed by atoms with E-state index in [0.29, 0.717) is 17.8 Å². The number of nitrogens with one attached hydrogen (secondary N) is 2. The standard InChI is InChI=1S/C16H20N2O3S2/c1-16(2,3)11-14(19)17-12-7-4-5-8-13(12)18-23(20,21)15-9-6-10-22-15/h4-10,18H,11H2,1-3H3,(H,17,19). The first kappa shape index (κ1) is 17.5. The summed E-state index contributed by atoms with van der Waals surface area (Å²) in [6, 6.07) is 9.97. The minimum absolute atomic E-state index is 0.143. The number of benzene rings is 1. The Morgan fingerprint density at radius 3 is 2.30 bits per heavy atom. The van der Waals surface area contributed by atoms with Crippen LogP contribution in [-0.2, 0) is 14.8 Å². The first-order chi connectivity index (χ1) is 10.7. The van der Waals surface area contributed by atoms with E-state index in [1.54, 1.807) is 35.7 Å². The summed E-state index contributed by atoms with van der Waals surface area (Å²) >= 11 is 1.14.